The van der Waals surface area contributed by atoms with Gasteiger partial charge in [-0.3, -0.25) is 10.1 Å². The van der Waals surface area contributed by atoms with Crippen molar-refractivity contribution in [3.8, 4) is 0 Å². The minimum atomic E-state index is -0.429. The minimum Gasteiger partial charge on any atom is -0.397 e. The SMILES string of the molecule is CCCN(Cc1ccccc1)c1ccc([N+](=O)[O-])cc1N. The van der Waals surface area contributed by atoms with Gasteiger partial charge in [0.15, 0.2) is 0 Å². The lowest BCUT2D eigenvalue weighted by atomic mass is 10.1. The number of nitrogen functional groups attached to an aromatic ring is 1. The monoisotopic (exact) mass is 285 g/mol. The van der Waals surface area contributed by atoms with Gasteiger partial charge < -0.3 is 10.6 Å². The van der Waals surface area contributed by atoms with Crippen LogP contribution in [-0.2, 0) is 6.54 Å². The van der Waals surface area contributed by atoms with Gasteiger partial charge in [0, 0.05) is 25.2 Å². The van der Waals surface area contributed by atoms with Gasteiger partial charge >= 0.3 is 0 Å². The van der Waals surface area contributed by atoms with Gasteiger partial charge in [0.05, 0.1) is 16.3 Å². The van der Waals surface area contributed by atoms with Gasteiger partial charge in [0.1, 0.15) is 0 Å². The van der Waals surface area contributed by atoms with Crippen molar-refractivity contribution in [1.82, 2.24) is 0 Å². The van der Waals surface area contributed by atoms with E-state index < -0.39 is 4.92 Å². The van der Waals surface area contributed by atoms with E-state index in [0.29, 0.717) is 5.69 Å². The van der Waals surface area contributed by atoms with E-state index in [0.717, 1.165) is 25.2 Å². The first-order valence-corrected chi connectivity index (χ1v) is 6.94. The highest BCUT2D eigenvalue weighted by Gasteiger charge is 2.14. The molecule has 2 aromatic carbocycles. The highest BCUT2D eigenvalue weighted by molar-refractivity contribution is 5.70. The van der Waals surface area contributed by atoms with Gasteiger partial charge in [-0.05, 0) is 18.1 Å². The predicted molar refractivity (Wildman–Crippen MR) is 85.3 cm³/mol. The Bertz CT molecular complexity index is 614. The van der Waals surface area contributed by atoms with Crippen LogP contribution in [0.1, 0.15) is 18.9 Å². The fraction of sp³-hybridized carbons (Fsp3) is 0.250. The van der Waals surface area contributed by atoms with Crippen molar-refractivity contribution in [2.75, 3.05) is 17.2 Å². The molecule has 0 aromatic heterocycles. The Labute approximate surface area is 124 Å². The first-order chi connectivity index (χ1) is 10.1. The number of hydrogen-bond donors (Lipinski definition) is 1. The molecule has 0 saturated heterocycles. The molecule has 2 N–H and O–H groups in total. The van der Waals surface area contributed by atoms with Crippen LogP contribution in [0.15, 0.2) is 48.5 Å². The summed E-state index contributed by atoms with van der Waals surface area (Å²) in [5, 5.41) is 10.8. The zero-order valence-corrected chi connectivity index (χ0v) is 12.0. The van der Waals surface area contributed by atoms with Gasteiger partial charge in [-0.25, -0.2) is 0 Å². The van der Waals surface area contributed by atoms with E-state index in [1.807, 2.05) is 18.2 Å². The number of rotatable bonds is 6. The van der Waals surface area contributed by atoms with Crippen LogP contribution in [0, 0.1) is 10.1 Å². The highest BCUT2D eigenvalue weighted by Crippen LogP contribution is 2.29. The van der Waals surface area contributed by atoms with E-state index in [4.69, 9.17) is 5.73 Å². The first-order valence-electron chi connectivity index (χ1n) is 6.94. The molecule has 0 atom stereocenters. The molecule has 0 unspecified atom stereocenters. The van der Waals surface area contributed by atoms with Crippen molar-refractivity contribution in [2.24, 2.45) is 0 Å². The zero-order chi connectivity index (χ0) is 15.2. The number of anilines is 2. The maximum absolute atomic E-state index is 10.8. The molecule has 0 heterocycles. The van der Waals surface area contributed by atoms with Gasteiger partial charge in [-0.15, -0.1) is 0 Å². The summed E-state index contributed by atoms with van der Waals surface area (Å²) in [6, 6.07) is 14.7. The van der Waals surface area contributed by atoms with Crippen LogP contribution in [0.3, 0.4) is 0 Å². The van der Waals surface area contributed by atoms with E-state index in [2.05, 4.69) is 24.0 Å². The third-order valence-electron chi connectivity index (χ3n) is 3.27. The number of benzene rings is 2. The van der Waals surface area contributed by atoms with Gasteiger partial charge in [0.25, 0.3) is 5.69 Å². The van der Waals surface area contributed by atoms with Crippen molar-refractivity contribution in [2.45, 2.75) is 19.9 Å². The third-order valence-corrected chi connectivity index (χ3v) is 3.27. The van der Waals surface area contributed by atoms with Gasteiger partial charge in [-0.1, -0.05) is 37.3 Å². The first kappa shape index (κ1) is 14.8. The summed E-state index contributed by atoms with van der Waals surface area (Å²) in [5.74, 6) is 0. The minimum absolute atomic E-state index is 0.0207. The second kappa shape index (κ2) is 6.74. The number of non-ortho nitro benzene ring substituents is 1. The quantitative estimate of drug-likeness (QED) is 0.500. The second-order valence-corrected chi connectivity index (χ2v) is 4.91. The fourth-order valence-corrected chi connectivity index (χ4v) is 2.30. The van der Waals surface area contributed by atoms with Gasteiger partial charge in [-0.2, -0.15) is 0 Å². The molecule has 0 spiro atoms. The number of nitrogens with zero attached hydrogens (tertiary/aromatic N) is 2. The number of hydrogen-bond acceptors (Lipinski definition) is 4. The van der Waals surface area contributed by atoms with Crippen LogP contribution < -0.4 is 10.6 Å². The molecule has 5 nitrogen and oxygen atoms in total. The second-order valence-electron chi connectivity index (χ2n) is 4.91. The van der Waals surface area contributed by atoms with Crippen molar-refractivity contribution in [3.63, 3.8) is 0 Å². The van der Waals surface area contributed by atoms with Crippen LogP contribution >= 0.6 is 0 Å². The Hall–Kier alpha value is -2.56. The molecule has 0 amide bonds. The molecule has 0 radical (unpaired) electrons. The summed E-state index contributed by atoms with van der Waals surface area (Å²) >= 11 is 0. The summed E-state index contributed by atoms with van der Waals surface area (Å²) in [5.41, 5.74) is 8.48. The van der Waals surface area contributed by atoms with Crippen LogP contribution in [0.2, 0.25) is 0 Å². The van der Waals surface area contributed by atoms with E-state index in [1.165, 1.54) is 17.7 Å². The number of nitrogens with two attached hydrogens (primary N) is 1. The number of nitro groups is 1. The maximum Gasteiger partial charge on any atom is 0.271 e. The Morgan fingerprint density at radius 1 is 1.19 bits per heavy atom. The molecular weight excluding hydrogens is 266 g/mol. The molecule has 0 aliphatic rings. The van der Waals surface area contributed by atoms with Crippen molar-refractivity contribution in [3.05, 3.63) is 64.2 Å². The third kappa shape index (κ3) is 3.72. The lowest BCUT2D eigenvalue weighted by Gasteiger charge is -2.25. The highest BCUT2D eigenvalue weighted by atomic mass is 16.6. The maximum atomic E-state index is 10.8. The lowest BCUT2D eigenvalue weighted by Crippen LogP contribution is -2.24. The van der Waals surface area contributed by atoms with Crippen molar-refractivity contribution < 1.29 is 4.92 Å². The summed E-state index contributed by atoms with van der Waals surface area (Å²) in [6.45, 7) is 3.67. The molecule has 0 saturated carbocycles. The topological polar surface area (TPSA) is 72.4 Å². The molecule has 5 heteroatoms. The molecule has 0 fully saturated rings. The van der Waals surface area contributed by atoms with Crippen LogP contribution in [0.25, 0.3) is 0 Å². The largest absolute Gasteiger partial charge is 0.397 e. The summed E-state index contributed by atoms with van der Waals surface area (Å²) < 4.78 is 0. The summed E-state index contributed by atoms with van der Waals surface area (Å²) in [6.07, 6.45) is 0.975. The normalized spacial score (nSPS) is 10.3. The molecule has 2 rings (SSSR count). The summed E-state index contributed by atoms with van der Waals surface area (Å²) in [4.78, 5) is 12.5. The molecule has 0 aliphatic carbocycles. The molecule has 21 heavy (non-hydrogen) atoms. The summed E-state index contributed by atoms with van der Waals surface area (Å²) in [7, 11) is 0. The standard InChI is InChI=1S/C16H19N3O2/c1-2-10-18(12-13-6-4-3-5-7-13)16-9-8-14(19(20)21)11-15(16)17/h3-9,11H,2,10,12,17H2,1H3. The molecule has 2 aromatic rings. The van der Waals surface area contributed by atoms with E-state index >= 15 is 0 Å². The lowest BCUT2D eigenvalue weighted by molar-refractivity contribution is -0.384. The van der Waals surface area contributed by atoms with Crippen LogP contribution in [0.4, 0.5) is 17.1 Å². The molecule has 110 valence electrons. The molecule has 0 aliphatic heterocycles. The van der Waals surface area contributed by atoms with E-state index in [1.54, 1.807) is 6.07 Å². The predicted octanol–water partition coefficient (Wildman–Crippen LogP) is 3.59. The van der Waals surface area contributed by atoms with Crippen molar-refractivity contribution >= 4 is 17.1 Å². The number of nitro benzene ring substituents is 1. The molecular formula is C16H19N3O2. The molecule has 0 bridgehead atoms. The average Bonchev–Trinajstić information content (AvgIpc) is 2.48. The Morgan fingerprint density at radius 2 is 1.90 bits per heavy atom. The van der Waals surface area contributed by atoms with Crippen LogP contribution in [0.5, 0.6) is 0 Å². The smallest absolute Gasteiger partial charge is 0.271 e. The van der Waals surface area contributed by atoms with E-state index in [9.17, 15) is 10.1 Å². The average molecular weight is 285 g/mol. The van der Waals surface area contributed by atoms with Crippen LogP contribution in [-0.4, -0.2) is 11.5 Å². The Kier molecular flexibility index (Phi) is 4.77. The van der Waals surface area contributed by atoms with Gasteiger partial charge in [0.2, 0.25) is 0 Å². The zero-order valence-electron chi connectivity index (χ0n) is 12.0. The Balaban J connectivity index is 2.27. The fourth-order valence-electron chi connectivity index (χ4n) is 2.30. The Morgan fingerprint density at radius 3 is 2.48 bits per heavy atom. The van der Waals surface area contributed by atoms with E-state index in [-0.39, 0.29) is 5.69 Å². The van der Waals surface area contributed by atoms with Crippen molar-refractivity contribution in [1.29, 1.82) is 0 Å².